The van der Waals surface area contributed by atoms with Gasteiger partial charge in [0.25, 0.3) is 0 Å². The Hall–Kier alpha value is -4.08. The fraction of sp³-hybridized carbons (Fsp3) is 0.698. The number of benzene rings is 2. The highest BCUT2D eigenvalue weighted by Gasteiger charge is 2.60. The molecule has 0 N–H and O–H groups in total. The van der Waals surface area contributed by atoms with Crippen LogP contribution in [0, 0.1) is 0 Å². The molecule has 4 rings (SSSR count). The summed E-state index contributed by atoms with van der Waals surface area (Å²) >= 11 is 0. The predicted octanol–water partition coefficient (Wildman–Crippen LogP) is 12.0. The average molecular weight is 875 g/mol. The molecule has 10 nitrogen and oxygen atoms in total. The van der Waals surface area contributed by atoms with Crippen molar-refractivity contribution in [3.05, 3.63) is 59.7 Å². The van der Waals surface area contributed by atoms with E-state index in [0.29, 0.717) is 32.8 Å². The lowest BCUT2D eigenvalue weighted by Gasteiger charge is -2.10. The van der Waals surface area contributed by atoms with Crippen LogP contribution in [0.25, 0.3) is 0 Å². The maximum Gasteiger partial charge on any atom is 0.331 e. The molecule has 0 aromatic heterocycles. The summed E-state index contributed by atoms with van der Waals surface area (Å²) in [6, 6.07) is 13.2. The molecular weight excluding hydrogens is 793 g/mol. The maximum atomic E-state index is 13.3. The minimum atomic E-state index is -0.689. The summed E-state index contributed by atoms with van der Waals surface area (Å²) in [5, 5.41) is 0. The molecule has 63 heavy (non-hydrogen) atoms. The summed E-state index contributed by atoms with van der Waals surface area (Å²) in [6.07, 6.45) is 27.0. The number of hydrogen-bond acceptors (Lipinski definition) is 10. The Kier molecular flexibility index (Phi) is 24.7. The molecule has 0 aliphatic carbocycles. The molecule has 2 aromatic carbocycles. The number of carbonyl (C=O) groups is 4. The topological polar surface area (TPSA) is 111 Å². The molecule has 2 aromatic rings. The van der Waals surface area contributed by atoms with E-state index in [1.807, 2.05) is 58.3 Å². The van der Waals surface area contributed by atoms with Crippen LogP contribution in [0.2, 0.25) is 0 Å². The fourth-order valence-corrected chi connectivity index (χ4v) is 8.44. The van der Waals surface area contributed by atoms with Gasteiger partial charge in [0.2, 0.25) is 0 Å². The van der Waals surface area contributed by atoms with E-state index in [9.17, 15) is 19.2 Å². The molecule has 0 bridgehead atoms. The van der Waals surface area contributed by atoms with Gasteiger partial charge in [0.05, 0.1) is 26.4 Å². The third-order valence-corrected chi connectivity index (χ3v) is 12.4. The number of nitrogens with zero attached hydrogens (tertiary/aromatic N) is 2. The molecule has 0 unspecified atom stereocenters. The van der Waals surface area contributed by atoms with Gasteiger partial charge >= 0.3 is 23.9 Å². The average Bonchev–Trinajstić information content (AvgIpc) is 4.22. The number of esters is 4. The van der Waals surface area contributed by atoms with Crippen molar-refractivity contribution in [1.29, 1.82) is 0 Å². The Labute approximate surface area is 380 Å². The zero-order chi connectivity index (χ0) is 45.1. The zero-order valence-corrected chi connectivity index (χ0v) is 39.6. The van der Waals surface area contributed by atoms with Crippen LogP contribution in [0.1, 0.15) is 193 Å². The molecule has 10 heteroatoms. The zero-order valence-electron chi connectivity index (χ0n) is 39.6. The maximum absolute atomic E-state index is 13.3. The molecule has 2 heterocycles. The second-order valence-electron chi connectivity index (χ2n) is 17.8. The van der Waals surface area contributed by atoms with Crippen molar-refractivity contribution in [2.75, 3.05) is 36.2 Å². The van der Waals surface area contributed by atoms with Crippen molar-refractivity contribution in [1.82, 2.24) is 0 Å². The Balaban J connectivity index is 1.34. The van der Waals surface area contributed by atoms with Crippen LogP contribution < -0.4 is 9.80 Å². The van der Waals surface area contributed by atoms with Gasteiger partial charge in [-0.1, -0.05) is 180 Å². The first-order chi connectivity index (χ1) is 30.9. The Bertz CT molecular complexity index is 1410. The number of rotatable bonds is 36. The quantitative estimate of drug-likeness (QED) is 0.0284. The number of carbonyl (C=O) groups excluding carboxylic acids is 4. The first-order valence-electron chi connectivity index (χ1n) is 25.3. The van der Waals surface area contributed by atoms with Crippen LogP contribution in [-0.2, 0) is 44.5 Å². The normalized spacial score (nSPS) is 17.7. The third-order valence-electron chi connectivity index (χ3n) is 12.4. The summed E-state index contributed by atoms with van der Waals surface area (Å²) < 4.78 is 22.8. The molecule has 0 radical (unpaired) electrons. The van der Waals surface area contributed by atoms with Gasteiger partial charge in [-0.15, -0.1) is 0 Å². The number of anilines is 2. The molecule has 0 amide bonds. The minimum Gasteiger partial charge on any atom is -0.464 e. The summed E-state index contributed by atoms with van der Waals surface area (Å²) in [7, 11) is 0. The van der Waals surface area contributed by atoms with E-state index < -0.39 is 24.2 Å². The van der Waals surface area contributed by atoms with Crippen LogP contribution in [0.3, 0.4) is 0 Å². The van der Waals surface area contributed by atoms with Crippen LogP contribution in [0.4, 0.5) is 11.4 Å². The molecule has 2 fully saturated rings. The highest BCUT2D eigenvalue weighted by atomic mass is 16.6. The van der Waals surface area contributed by atoms with Crippen molar-refractivity contribution in [2.24, 2.45) is 0 Å². The van der Waals surface area contributed by atoms with Crippen LogP contribution in [-0.4, -0.2) is 74.5 Å². The summed E-state index contributed by atoms with van der Waals surface area (Å²) in [4.78, 5) is 56.8. The molecule has 0 saturated carbocycles. The smallest absolute Gasteiger partial charge is 0.331 e. The number of ether oxygens (including phenoxy) is 4. The van der Waals surface area contributed by atoms with E-state index in [2.05, 4.69) is 27.7 Å². The van der Waals surface area contributed by atoms with E-state index in [1.165, 1.54) is 77.0 Å². The molecule has 352 valence electrons. The SMILES string of the molecule is CCCCCCCCOC(=O)[C@@H]1[C@H](C(=O)OCCCCCCCC)N1c1ccc(Cc2ccc(N3[C@H](C(=O)OCCCCCCCC)[C@@H]3C(=O)OCCCCCCCC)cc2)cc1. The van der Waals surface area contributed by atoms with Crippen molar-refractivity contribution in [3.63, 3.8) is 0 Å². The van der Waals surface area contributed by atoms with E-state index >= 15 is 0 Å². The van der Waals surface area contributed by atoms with E-state index in [1.54, 1.807) is 0 Å². The van der Waals surface area contributed by atoms with Gasteiger partial charge in [0.1, 0.15) is 0 Å². The van der Waals surface area contributed by atoms with Gasteiger partial charge in [-0.05, 0) is 67.5 Å². The lowest BCUT2D eigenvalue weighted by Crippen LogP contribution is -2.21. The van der Waals surface area contributed by atoms with Gasteiger partial charge in [0, 0.05) is 11.4 Å². The molecule has 0 spiro atoms. The van der Waals surface area contributed by atoms with Gasteiger partial charge < -0.3 is 28.7 Å². The summed E-state index contributed by atoms with van der Waals surface area (Å²) in [5.74, 6) is -1.49. The Morgan fingerprint density at radius 3 is 0.810 bits per heavy atom. The van der Waals surface area contributed by atoms with Crippen molar-refractivity contribution < 1.29 is 38.1 Å². The van der Waals surface area contributed by atoms with Gasteiger partial charge in [-0.25, -0.2) is 19.2 Å². The van der Waals surface area contributed by atoms with E-state index in [-0.39, 0.29) is 23.9 Å². The number of hydrogen-bond donors (Lipinski definition) is 0. The van der Waals surface area contributed by atoms with Crippen molar-refractivity contribution in [3.8, 4) is 0 Å². The van der Waals surface area contributed by atoms with Crippen molar-refractivity contribution >= 4 is 35.3 Å². The molecular formula is C53H82N2O8. The number of unbranched alkanes of at least 4 members (excludes halogenated alkanes) is 20. The first kappa shape index (κ1) is 51.6. The largest absolute Gasteiger partial charge is 0.464 e. The highest BCUT2D eigenvalue weighted by Crippen LogP contribution is 2.39. The van der Waals surface area contributed by atoms with Crippen molar-refractivity contribution in [2.45, 2.75) is 212 Å². The van der Waals surface area contributed by atoms with E-state index in [0.717, 1.165) is 99.6 Å². The molecule has 2 aliphatic rings. The second kappa shape index (κ2) is 30.1. The fourth-order valence-electron chi connectivity index (χ4n) is 8.44. The van der Waals surface area contributed by atoms with Gasteiger partial charge in [0.15, 0.2) is 24.2 Å². The first-order valence-corrected chi connectivity index (χ1v) is 25.3. The molecule has 2 saturated heterocycles. The molecule has 4 atom stereocenters. The third kappa shape index (κ3) is 18.1. The highest BCUT2D eigenvalue weighted by molar-refractivity contribution is 6.01. The lowest BCUT2D eigenvalue weighted by molar-refractivity contribution is -0.147. The van der Waals surface area contributed by atoms with Crippen LogP contribution in [0.5, 0.6) is 0 Å². The summed E-state index contributed by atoms with van der Waals surface area (Å²) in [5.41, 5.74) is 3.69. The summed E-state index contributed by atoms with van der Waals surface area (Å²) in [6.45, 7) is 10.2. The lowest BCUT2D eigenvalue weighted by atomic mass is 10.0. The van der Waals surface area contributed by atoms with Crippen LogP contribution in [0.15, 0.2) is 48.5 Å². The van der Waals surface area contributed by atoms with Gasteiger partial charge in [-0.3, -0.25) is 0 Å². The monoisotopic (exact) mass is 875 g/mol. The predicted molar refractivity (Wildman–Crippen MR) is 253 cm³/mol. The minimum absolute atomic E-state index is 0.359. The Morgan fingerprint density at radius 1 is 0.349 bits per heavy atom. The second-order valence-corrected chi connectivity index (χ2v) is 17.8. The van der Waals surface area contributed by atoms with E-state index in [4.69, 9.17) is 18.9 Å². The Morgan fingerprint density at radius 2 is 0.571 bits per heavy atom. The standard InChI is InChI=1S/C53H82N2O8/c1-5-9-13-17-21-25-37-60-50(56)46-47(51(57)61-38-26-22-18-14-10-6-2)54(46)44-33-29-42(30-34-44)41-43-31-35-45(36-32-43)55-48(52(58)62-39-27-23-19-15-11-7-3)49(55)53(59)63-40-28-24-20-16-12-8-4/h29-36,46-49H,5-28,37-41H2,1-4H3/t46-,47+,48-,49+,54?,55?. The van der Waals surface area contributed by atoms with Crippen LogP contribution >= 0.6 is 0 Å². The molecule has 2 aliphatic heterocycles. The van der Waals surface area contributed by atoms with Gasteiger partial charge in [-0.2, -0.15) is 0 Å².